The predicted molar refractivity (Wildman–Crippen MR) is 72.5 cm³/mol. The van der Waals surface area contributed by atoms with E-state index in [0.29, 0.717) is 0 Å². The minimum atomic E-state index is -3.73. The lowest BCUT2D eigenvalue weighted by molar-refractivity contribution is 0.457. The third-order valence-electron chi connectivity index (χ3n) is 4.56. The van der Waals surface area contributed by atoms with E-state index in [4.69, 9.17) is 5.73 Å². The second kappa shape index (κ2) is 3.93. The topological polar surface area (TPSA) is 72.2 Å². The van der Waals surface area contributed by atoms with Crippen LogP contribution in [-0.4, -0.2) is 14.5 Å². The molecule has 0 bridgehead atoms. The van der Waals surface area contributed by atoms with Crippen LogP contribution in [0.3, 0.4) is 0 Å². The average molecular weight is 286 g/mol. The van der Waals surface area contributed by atoms with Gasteiger partial charge in [0.05, 0.1) is 5.69 Å². The molecule has 0 amide bonds. The van der Waals surface area contributed by atoms with Crippen LogP contribution in [0.25, 0.3) is 0 Å². The Morgan fingerprint density at radius 2 is 1.74 bits per heavy atom. The molecule has 106 valence electrons. The SMILES string of the molecule is CC1(C)C(NS(=O)(=O)c2ccc(F)cc2N)C1(C)C. The van der Waals surface area contributed by atoms with Gasteiger partial charge in [-0.25, -0.2) is 17.5 Å². The first-order valence-corrected chi connectivity index (χ1v) is 7.56. The van der Waals surface area contributed by atoms with Gasteiger partial charge in [-0.05, 0) is 29.0 Å². The van der Waals surface area contributed by atoms with Crippen LogP contribution in [0.2, 0.25) is 0 Å². The number of nitrogen functional groups attached to an aromatic ring is 1. The van der Waals surface area contributed by atoms with Gasteiger partial charge in [0.1, 0.15) is 10.7 Å². The predicted octanol–water partition coefficient (Wildman–Crippen LogP) is 2.12. The standard InChI is InChI=1S/C13H19FN2O2S/c1-12(2)11(13(12,3)4)16-19(17,18)10-6-5-8(14)7-9(10)15/h5-7,11,16H,15H2,1-4H3. The van der Waals surface area contributed by atoms with Gasteiger partial charge in [-0.1, -0.05) is 27.7 Å². The number of nitrogens with one attached hydrogen (secondary N) is 1. The fourth-order valence-electron chi connectivity index (χ4n) is 2.47. The average Bonchev–Trinajstić information content (AvgIpc) is 2.59. The lowest BCUT2D eigenvalue weighted by Gasteiger charge is -2.10. The molecule has 0 radical (unpaired) electrons. The third-order valence-corrected chi connectivity index (χ3v) is 6.05. The van der Waals surface area contributed by atoms with Crippen molar-refractivity contribution in [1.82, 2.24) is 4.72 Å². The fourth-order valence-corrected chi connectivity index (χ4v) is 4.12. The van der Waals surface area contributed by atoms with Crippen LogP contribution in [0.5, 0.6) is 0 Å². The molecule has 0 saturated heterocycles. The summed E-state index contributed by atoms with van der Waals surface area (Å²) in [5.74, 6) is -0.552. The number of halogens is 1. The second-order valence-electron chi connectivity index (χ2n) is 6.18. The third kappa shape index (κ3) is 2.12. The summed E-state index contributed by atoms with van der Waals surface area (Å²) in [7, 11) is -3.73. The Morgan fingerprint density at radius 3 is 2.16 bits per heavy atom. The lowest BCUT2D eigenvalue weighted by atomic mass is 10.0. The molecule has 0 heterocycles. The van der Waals surface area contributed by atoms with Crippen LogP contribution in [0.15, 0.2) is 23.1 Å². The van der Waals surface area contributed by atoms with Crippen LogP contribution in [0.4, 0.5) is 10.1 Å². The van der Waals surface area contributed by atoms with E-state index in [2.05, 4.69) is 4.72 Å². The maximum absolute atomic E-state index is 13.0. The van der Waals surface area contributed by atoms with E-state index in [1.165, 1.54) is 6.07 Å². The Kier molecular flexibility index (Phi) is 2.95. The highest BCUT2D eigenvalue weighted by atomic mass is 32.2. The van der Waals surface area contributed by atoms with Crippen LogP contribution in [-0.2, 0) is 10.0 Å². The molecule has 1 aliphatic carbocycles. The summed E-state index contributed by atoms with van der Waals surface area (Å²) in [6.07, 6.45) is 0. The van der Waals surface area contributed by atoms with Gasteiger partial charge in [-0.2, -0.15) is 0 Å². The Bertz CT molecular complexity index is 610. The summed E-state index contributed by atoms with van der Waals surface area (Å²) in [6.45, 7) is 8.03. The highest BCUT2D eigenvalue weighted by molar-refractivity contribution is 7.89. The zero-order valence-corrected chi connectivity index (χ0v) is 12.3. The van der Waals surface area contributed by atoms with E-state index >= 15 is 0 Å². The molecule has 0 spiro atoms. The van der Waals surface area contributed by atoms with Crippen molar-refractivity contribution in [3.63, 3.8) is 0 Å². The molecule has 0 atom stereocenters. The molecule has 0 aromatic heterocycles. The second-order valence-corrected chi connectivity index (χ2v) is 7.86. The maximum Gasteiger partial charge on any atom is 0.242 e. The number of anilines is 1. The molecule has 2 rings (SSSR count). The molecule has 6 heteroatoms. The van der Waals surface area contributed by atoms with Crippen molar-refractivity contribution in [3.05, 3.63) is 24.0 Å². The van der Waals surface area contributed by atoms with Crippen molar-refractivity contribution in [2.45, 2.75) is 38.6 Å². The Hall–Kier alpha value is -1.14. The van der Waals surface area contributed by atoms with Crippen LogP contribution < -0.4 is 10.5 Å². The zero-order chi connectivity index (χ0) is 14.6. The van der Waals surface area contributed by atoms with E-state index in [-0.39, 0.29) is 27.5 Å². The van der Waals surface area contributed by atoms with Crippen LogP contribution in [0, 0.1) is 16.6 Å². The van der Waals surface area contributed by atoms with Gasteiger partial charge in [-0.3, -0.25) is 0 Å². The molecular weight excluding hydrogens is 267 g/mol. The minimum Gasteiger partial charge on any atom is -0.398 e. The normalized spacial score (nSPS) is 21.3. The first-order chi connectivity index (χ1) is 8.50. The first-order valence-electron chi connectivity index (χ1n) is 6.07. The highest BCUT2D eigenvalue weighted by Crippen LogP contribution is 2.63. The molecule has 0 aliphatic heterocycles. The molecule has 1 aromatic rings. The minimum absolute atomic E-state index is 0.0765. The van der Waals surface area contributed by atoms with Gasteiger partial charge >= 0.3 is 0 Å². The van der Waals surface area contributed by atoms with Gasteiger partial charge in [0.25, 0.3) is 0 Å². The fraction of sp³-hybridized carbons (Fsp3) is 0.538. The van der Waals surface area contributed by atoms with Crippen molar-refractivity contribution in [3.8, 4) is 0 Å². The monoisotopic (exact) mass is 286 g/mol. The Morgan fingerprint density at radius 1 is 1.21 bits per heavy atom. The molecule has 4 nitrogen and oxygen atoms in total. The van der Waals surface area contributed by atoms with Crippen molar-refractivity contribution >= 4 is 15.7 Å². The van der Waals surface area contributed by atoms with E-state index in [9.17, 15) is 12.8 Å². The van der Waals surface area contributed by atoms with Gasteiger partial charge in [0.2, 0.25) is 10.0 Å². The molecule has 1 aromatic carbocycles. The lowest BCUT2D eigenvalue weighted by Crippen LogP contribution is -2.30. The van der Waals surface area contributed by atoms with Crippen molar-refractivity contribution in [2.24, 2.45) is 10.8 Å². The van der Waals surface area contributed by atoms with E-state index in [1.54, 1.807) is 0 Å². The number of hydrogen-bond acceptors (Lipinski definition) is 3. The molecular formula is C13H19FN2O2S. The maximum atomic E-state index is 13.0. The van der Waals surface area contributed by atoms with Crippen molar-refractivity contribution in [2.75, 3.05) is 5.73 Å². The van der Waals surface area contributed by atoms with Crippen molar-refractivity contribution in [1.29, 1.82) is 0 Å². The molecule has 3 N–H and O–H groups in total. The number of hydrogen-bond donors (Lipinski definition) is 2. The van der Waals surface area contributed by atoms with Crippen LogP contribution in [0.1, 0.15) is 27.7 Å². The summed E-state index contributed by atoms with van der Waals surface area (Å²) in [5.41, 5.74) is 5.27. The van der Waals surface area contributed by atoms with Gasteiger partial charge in [0.15, 0.2) is 0 Å². The summed E-state index contributed by atoms with van der Waals surface area (Å²) >= 11 is 0. The van der Waals surface area contributed by atoms with Crippen molar-refractivity contribution < 1.29 is 12.8 Å². The molecule has 0 unspecified atom stereocenters. The van der Waals surface area contributed by atoms with E-state index < -0.39 is 15.8 Å². The molecule has 1 aliphatic rings. The Labute approximate surface area is 113 Å². The summed E-state index contributed by atoms with van der Waals surface area (Å²) in [4.78, 5) is -0.0765. The van der Waals surface area contributed by atoms with Gasteiger partial charge in [0, 0.05) is 6.04 Å². The summed E-state index contributed by atoms with van der Waals surface area (Å²) in [6, 6.07) is 3.13. The molecule has 19 heavy (non-hydrogen) atoms. The number of rotatable bonds is 3. The number of benzene rings is 1. The van der Waals surface area contributed by atoms with Gasteiger partial charge in [-0.15, -0.1) is 0 Å². The number of nitrogens with two attached hydrogens (primary N) is 1. The summed E-state index contributed by atoms with van der Waals surface area (Å²) in [5, 5.41) is 0. The quantitative estimate of drug-likeness (QED) is 0.836. The van der Waals surface area contributed by atoms with E-state index in [0.717, 1.165) is 12.1 Å². The molecule has 1 fully saturated rings. The Balaban J connectivity index is 2.30. The highest BCUT2D eigenvalue weighted by Gasteiger charge is 2.66. The van der Waals surface area contributed by atoms with Crippen LogP contribution >= 0.6 is 0 Å². The molecule has 1 saturated carbocycles. The first kappa shape index (κ1) is 14.3. The summed E-state index contributed by atoms with van der Waals surface area (Å²) < 4.78 is 40.2. The number of sulfonamides is 1. The smallest absolute Gasteiger partial charge is 0.242 e. The van der Waals surface area contributed by atoms with E-state index in [1.807, 2.05) is 27.7 Å². The largest absolute Gasteiger partial charge is 0.398 e. The van der Waals surface area contributed by atoms with Gasteiger partial charge < -0.3 is 5.73 Å². The zero-order valence-electron chi connectivity index (χ0n) is 11.5.